The summed E-state index contributed by atoms with van der Waals surface area (Å²) in [6.07, 6.45) is 0.701. The molecule has 0 bridgehead atoms. The molecule has 0 aliphatic carbocycles. The molecule has 186 valence electrons. The number of pyridine rings is 1. The van der Waals surface area contributed by atoms with Crippen LogP contribution in [0, 0.1) is 6.92 Å². The molecule has 4 rings (SSSR count). The fourth-order valence-electron chi connectivity index (χ4n) is 3.76. The SMILES string of the molecule is Cc1nc(NCc2ccccc2)nc2c1ccc(=O)n2-c1ccc(C(=O)NCCCON(C)C)cc1. The summed E-state index contributed by atoms with van der Waals surface area (Å²) in [6.45, 7) is 3.49. The van der Waals surface area contributed by atoms with E-state index >= 15 is 0 Å². The molecule has 9 heteroatoms. The summed E-state index contributed by atoms with van der Waals surface area (Å²) in [7, 11) is 3.63. The van der Waals surface area contributed by atoms with Crippen molar-refractivity contribution in [3.05, 3.63) is 93.9 Å². The predicted molar refractivity (Wildman–Crippen MR) is 140 cm³/mol. The molecule has 0 atom stereocenters. The van der Waals surface area contributed by atoms with Gasteiger partial charge in [0.1, 0.15) is 0 Å². The number of amides is 1. The second kappa shape index (κ2) is 11.6. The average Bonchev–Trinajstić information content (AvgIpc) is 2.87. The Hall–Kier alpha value is -4.08. The zero-order valence-corrected chi connectivity index (χ0v) is 20.7. The minimum Gasteiger partial charge on any atom is -0.352 e. The van der Waals surface area contributed by atoms with Crippen molar-refractivity contribution in [2.45, 2.75) is 19.9 Å². The third kappa shape index (κ3) is 6.12. The number of aromatic nitrogens is 3. The normalized spacial score (nSPS) is 11.1. The summed E-state index contributed by atoms with van der Waals surface area (Å²) < 4.78 is 1.54. The fourth-order valence-corrected chi connectivity index (χ4v) is 3.76. The van der Waals surface area contributed by atoms with Crippen LogP contribution in [0.1, 0.15) is 28.0 Å². The number of aryl methyl sites for hydroxylation is 1. The van der Waals surface area contributed by atoms with Gasteiger partial charge in [-0.15, -0.1) is 0 Å². The van der Waals surface area contributed by atoms with E-state index in [1.54, 1.807) is 35.4 Å². The van der Waals surface area contributed by atoms with Gasteiger partial charge in [-0.05, 0) is 49.2 Å². The number of hydroxylamine groups is 2. The van der Waals surface area contributed by atoms with Crippen LogP contribution in [0.2, 0.25) is 0 Å². The van der Waals surface area contributed by atoms with Crippen molar-refractivity contribution in [1.82, 2.24) is 24.9 Å². The zero-order chi connectivity index (χ0) is 25.5. The molecule has 9 nitrogen and oxygen atoms in total. The molecule has 0 aliphatic heterocycles. The Labute approximate surface area is 209 Å². The second-order valence-corrected chi connectivity index (χ2v) is 8.52. The van der Waals surface area contributed by atoms with Crippen LogP contribution >= 0.6 is 0 Å². The van der Waals surface area contributed by atoms with Crippen molar-refractivity contribution in [3.8, 4) is 5.69 Å². The third-order valence-corrected chi connectivity index (χ3v) is 5.58. The highest BCUT2D eigenvalue weighted by Gasteiger charge is 2.13. The third-order valence-electron chi connectivity index (χ3n) is 5.58. The lowest BCUT2D eigenvalue weighted by molar-refractivity contribution is -0.119. The summed E-state index contributed by atoms with van der Waals surface area (Å²) in [5, 5.41) is 8.54. The maximum absolute atomic E-state index is 12.9. The van der Waals surface area contributed by atoms with E-state index < -0.39 is 0 Å². The van der Waals surface area contributed by atoms with E-state index in [9.17, 15) is 9.59 Å². The number of benzene rings is 2. The monoisotopic (exact) mass is 486 g/mol. The number of hydrogen-bond acceptors (Lipinski definition) is 7. The molecule has 2 aromatic heterocycles. The number of rotatable bonds is 10. The lowest BCUT2D eigenvalue weighted by Crippen LogP contribution is -2.26. The molecule has 0 radical (unpaired) electrons. The van der Waals surface area contributed by atoms with E-state index in [0.29, 0.717) is 49.0 Å². The van der Waals surface area contributed by atoms with Gasteiger partial charge in [0.25, 0.3) is 11.5 Å². The van der Waals surface area contributed by atoms with Gasteiger partial charge in [-0.1, -0.05) is 30.3 Å². The van der Waals surface area contributed by atoms with Crippen LogP contribution in [-0.4, -0.2) is 52.8 Å². The van der Waals surface area contributed by atoms with E-state index in [-0.39, 0.29) is 11.5 Å². The van der Waals surface area contributed by atoms with Crippen LogP contribution in [0.25, 0.3) is 16.7 Å². The second-order valence-electron chi connectivity index (χ2n) is 8.52. The first-order chi connectivity index (χ1) is 17.4. The lowest BCUT2D eigenvalue weighted by Gasteiger charge is -2.13. The van der Waals surface area contributed by atoms with Gasteiger partial charge in [0.15, 0.2) is 5.65 Å². The number of carbonyl (C=O) groups is 1. The Bertz CT molecular complexity index is 1380. The fraction of sp³-hybridized carbons (Fsp3) is 0.259. The maximum Gasteiger partial charge on any atom is 0.256 e. The minimum absolute atomic E-state index is 0.178. The Kier molecular flexibility index (Phi) is 8.04. The number of anilines is 1. The van der Waals surface area contributed by atoms with Gasteiger partial charge >= 0.3 is 0 Å². The van der Waals surface area contributed by atoms with Gasteiger partial charge < -0.3 is 10.6 Å². The topological polar surface area (TPSA) is 101 Å². The molecule has 0 aliphatic rings. The number of fused-ring (bicyclic) bond motifs is 1. The van der Waals surface area contributed by atoms with Crippen LogP contribution < -0.4 is 16.2 Å². The molecule has 4 aromatic rings. The highest BCUT2D eigenvalue weighted by molar-refractivity contribution is 5.94. The van der Waals surface area contributed by atoms with Gasteiger partial charge in [0, 0.05) is 44.2 Å². The maximum atomic E-state index is 12.9. The average molecular weight is 487 g/mol. The van der Waals surface area contributed by atoms with Crippen LogP contribution in [0.4, 0.5) is 5.95 Å². The van der Waals surface area contributed by atoms with Crippen LogP contribution in [0.15, 0.2) is 71.5 Å². The van der Waals surface area contributed by atoms with E-state index in [0.717, 1.165) is 16.6 Å². The van der Waals surface area contributed by atoms with Crippen LogP contribution in [-0.2, 0) is 11.4 Å². The molecule has 0 fully saturated rings. The summed E-state index contributed by atoms with van der Waals surface area (Å²) >= 11 is 0. The summed E-state index contributed by atoms with van der Waals surface area (Å²) in [6, 6.07) is 20.1. The Balaban J connectivity index is 1.55. The van der Waals surface area contributed by atoms with Gasteiger partial charge in [0.05, 0.1) is 18.0 Å². The first-order valence-corrected chi connectivity index (χ1v) is 11.8. The minimum atomic E-state index is -0.215. The van der Waals surface area contributed by atoms with Gasteiger partial charge in [-0.3, -0.25) is 19.0 Å². The highest BCUT2D eigenvalue weighted by Crippen LogP contribution is 2.19. The molecule has 36 heavy (non-hydrogen) atoms. The molecule has 0 saturated heterocycles. The van der Waals surface area contributed by atoms with Crippen molar-refractivity contribution >= 4 is 22.9 Å². The molecule has 0 saturated carbocycles. The number of carbonyl (C=O) groups excluding carboxylic acids is 1. The van der Waals surface area contributed by atoms with Crippen LogP contribution in [0.3, 0.4) is 0 Å². The molecule has 0 unspecified atom stereocenters. The molecule has 1 amide bonds. The Morgan fingerprint density at radius 1 is 1.00 bits per heavy atom. The number of nitrogens with zero attached hydrogens (tertiary/aromatic N) is 4. The number of nitrogens with one attached hydrogen (secondary N) is 2. The number of hydrogen-bond donors (Lipinski definition) is 2. The van der Waals surface area contributed by atoms with Crippen LogP contribution in [0.5, 0.6) is 0 Å². The summed E-state index contributed by atoms with van der Waals surface area (Å²) in [5.41, 5.74) is 3.28. The van der Waals surface area contributed by atoms with E-state index in [1.807, 2.05) is 51.4 Å². The largest absolute Gasteiger partial charge is 0.352 e. The lowest BCUT2D eigenvalue weighted by atomic mass is 10.1. The van der Waals surface area contributed by atoms with Gasteiger partial charge in [-0.2, -0.15) is 10.0 Å². The summed E-state index contributed by atoms with van der Waals surface area (Å²) in [4.78, 5) is 39.9. The molecule has 2 aromatic carbocycles. The Morgan fingerprint density at radius 3 is 2.47 bits per heavy atom. The van der Waals surface area contributed by atoms with Crippen molar-refractivity contribution in [2.24, 2.45) is 0 Å². The first kappa shape index (κ1) is 25.0. The predicted octanol–water partition coefficient (Wildman–Crippen LogP) is 3.31. The zero-order valence-electron chi connectivity index (χ0n) is 20.7. The van der Waals surface area contributed by atoms with Crippen molar-refractivity contribution in [3.63, 3.8) is 0 Å². The van der Waals surface area contributed by atoms with Crippen molar-refractivity contribution in [1.29, 1.82) is 0 Å². The van der Waals surface area contributed by atoms with Crippen molar-refractivity contribution < 1.29 is 9.63 Å². The summed E-state index contributed by atoms with van der Waals surface area (Å²) in [5.74, 6) is 0.264. The van der Waals surface area contributed by atoms with E-state index in [4.69, 9.17) is 4.84 Å². The molecule has 2 N–H and O–H groups in total. The Morgan fingerprint density at radius 2 is 1.75 bits per heavy atom. The highest BCUT2D eigenvalue weighted by atomic mass is 16.7. The molecular formula is C27H30N6O3. The van der Waals surface area contributed by atoms with E-state index in [1.165, 1.54) is 10.6 Å². The molecular weight excluding hydrogens is 456 g/mol. The first-order valence-electron chi connectivity index (χ1n) is 11.8. The quantitative estimate of drug-likeness (QED) is 0.262. The standard InChI is InChI=1S/C27H30N6O3/c1-19-23-14-15-24(34)33(25(23)31-27(30-19)29-18-20-8-5-4-6-9-20)22-12-10-21(11-13-22)26(35)28-16-7-17-36-32(2)3/h4-6,8-15H,7,16-18H2,1-3H3,(H,28,35)(H,29,30,31). The molecule has 0 spiro atoms. The molecule has 2 heterocycles. The van der Waals surface area contributed by atoms with Gasteiger partial charge in [0.2, 0.25) is 5.95 Å². The van der Waals surface area contributed by atoms with E-state index in [2.05, 4.69) is 20.6 Å². The van der Waals surface area contributed by atoms with Crippen molar-refractivity contribution in [2.75, 3.05) is 32.6 Å². The smallest absolute Gasteiger partial charge is 0.256 e. The van der Waals surface area contributed by atoms with Gasteiger partial charge in [-0.25, -0.2) is 4.98 Å².